The van der Waals surface area contributed by atoms with Gasteiger partial charge in [0.1, 0.15) is 0 Å². The summed E-state index contributed by atoms with van der Waals surface area (Å²) in [6, 6.07) is 18.8. The van der Waals surface area contributed by atoms with Gasteiger partial charge in [-0.25, -0.2) is 9.45 Å². The number of amidine groups is 1. The van der Waals surface area contributed by atoms with E-state index in [-0.39, 0.29) is 0 Å². The first-order valence-electron chi connectivity index (χ1n) is 8.99. The molecule has 0 bridgehead atoms. The number of fused-ring (bicyclic) bond motifs is 3. The van der Waals surface area contributed by atoms with Crippen LogP contribution in [0.5, 0.6) is 0 Å². The molecule has 26 heavy (non-hydrogen) atoms. The van der Waals surface area contributed by atoms with Crippen molar-refractivity contribution >= 4 is 41.1 Å². The van der Waals surface area contributed by atoms with Gasteiger partial charge < -0.3 is 0 Å². The number of hydrogen-bond donors (Lipinski definition) is 0. The molecule has 0 spiro atoms. The van der Waals surface area contributed by atoms with Crippen molar-refractivity contribution in [1.82, 2.24) is 4.67 Å². The minimum atomic E-state index is -2.32. The Kier molecular flexibility index (Phi) is 4.47. The zero-order chi connectivity index (χ0) is 18.3. The van der Waals surface area contributed by atoms with Crippen molar-refractivity contribution in [2.24, 2.45) is 5.10 Å². The van der Waals surface area contributed by atoms with Crippen LogP contribution in [0.3, 0.4) is 0 Å². The smallest absolute Gasteiger partial charge is 0.220 e. The molecular formula is C20H23N4PS. The molecule has 2 aliphatic rings. The summed E-state index contributed by atoms with van der Waals surface area (Å²) in [4.78, 5) is 0. The van der Waals surface area contributed by atoms with Crippen molar-refractivity contribution in [2.75, 3.05) is 22.5 Å². The third kappa shape index (κ3) is 2.46. The second-order valence-electron chi connectivity index (χ2n) is 6.39. The van der Waals surface area contributed by atoms with Crippen molar-refractivity contribution in [3.8, 4) is 0 Å². The van der Waals surface area contributed by atoms with Gasteiger partial charge in [0.25, 0.3) is 0 Å². The monoisotopic (exact) mass is 382 g/mol. The fourth-order valence-corrected chi connectivity index (χ4v) is 8.10. The highest BCUT2D eigenvalue weighted by Crippen LogP contribution is 2.64. The van der Waals surface area contributed by atoms with Gasteiger partial charge in [-0.15, -0.1) is 5.10 Å². The van der Waals surface area contributed by atoms with E-state index in [1.54, 1.807) is 0 Å². The number of anilines is 2. The first kappa shape index (κ1) is 17.5. The van der Waals surface area contributed by atoms with Crippen molar-refractivity contribution in [1.29, 1.82) is 0 Å². The van der Waals surface area contributed by atoms with E-state index in [1.807, 2.05) is 18.2 Å². The first-order chi connectivity index (χ1) is 12.6. The lowest BCUT2D eigenvalue weighted by molar-refractivity contribution is 0.503. The minimum absolute atomic E-state index is 0.890. The average Bonchev–Trinajstić information content (AvgIpc) is 2.97. The number of para-hydroxylation sites is 2. The number of benzene rings is 2. The highest BCUT2D eigenvalue weighted by atomic mass is 32.4. The molecule has 0 saturated heterocycles. The van der Waals surface area contributed by atoms with Gasteiger partial charge in [0.2, 0.25) is 6.49 Å². The molecule has 0 radical (unpaired) electrons. The minimum Gasteiger partial charge on any atom is -0.266 e. The summed E-state index contributed by atoms with van der Waals surface area (Å²) in [5.41, 5.74) is 4.68. The number of hydrogen-bond acceptors (Lipinski definition) is 2. The molecule has 4 rings (SSSR count). The first-order valence-corrected chi connectivity index (χ1v) is 11.6. The quantitative estimate of drug-likeness (QED) is 0.668. The third-order valence-electron chi connectivity index (χ3n) is 4.91. The van der Waals surface area contributed by atoms with Crippen LogP contribution in [-0.2, 0) is 11.8 Å². The van der Waals surface area contributed by atoms with Gasteiger partial charge in [-0.05, 0) is 48.6 Å². The Bertz CT molecular complexity index is 934. The number of allylic oxidation sites excluding steroid dienone is 1. The number of hydrazone groups is 1. The molecule has 2 aromatic rings. The Morgan fingerprint density at radius 1 is 1.00 bits per heavy atom. The van der Waals surface area contributed by atoms with Crippen LogP contribution in [0.15, 0.2) is 65.8 Å². The molecule has 2 heterocycles. The fraction of sp³-hybridized carbons (Fsp3) is 0.250. The SMILES string of the molecule is CCN(CC)P1(=S)N(c2ccccc2)N=C2C=C(C)c3ccccc3N21. The van der Waals surface area contributed by atoms with Crippen molar-refractivity contribution < 1.29 is 0 Å². The molecule has 1 unspecified atom stereocenters. The summed E-state index contributed by atoms with van der Waals surface area (Å²) < 4.78 is 6.79. The van der Waals surface area contributed by atoms with Gasteiger partial charge in [0.15, 0.2) is 5.84 Å². The average molecular weight is 382 g/mol. The number of rotatable bonds is 4. The van der Waals surface area contributed by atoms with E-state index in [0.29, 0.717) is 0 Å². The van der Waals surface area contributed by atoms with Crippen molar-refractivity contribution in [3.05, 3.63) is 66.2 Å². The summed E-state index contributed by atoms with van der Waals surface area (Å²) in [6.07, 6.45) is 2.16. The molecule has 0 N–H and O–H groups in total. The predicted molar refractivity (Wildman–Crippen MR) is 116 cm³/mol. The van der Waals surface area contributed by atoms with Crippen molar-refractivity contribution in [2.45, 2.75) is 20.8 Å². The topological polar surface area (TPSA) is 22.1 Å². The van der Waals surface area contributed by atoms with Gasteiger partial charge in [-0.1, -0.05) is 50.2 Å². The lowest BCUT2D eigenvalue weighted by Crippen LogP contribution is -2.37. The molecule has 0 saturated carbocycles. The fourth-order valence-electron chi connectivity index (χ4n) is 3.64. The Balaban J connectivity index is 1.96. The molecular weight excluding hydrogens is 359 g/mol. The summed E-state index contributed by atoms with van der Waals surface area (Å²) in [5.74, 6) is 0.945. The van der Waals surface area contributed by atoms with E-state index in [4.69, 9.17) is 16.9 Å². The molecule has 134 valence electrons. The molecule has 6 heteroatoms. The molecule has 2 aliphatic heterocycles. The van der Waals surface area contributed by atoms with Crippen LogP contribution < -0.4 is 9.45 Å². The van der Waals surface area contributed by atoms with E-state index >= 15 is 0 Å². The lowest BCUT2D eigenvalue weighted by atomic mass is 10.0. The largest absolute Gasteiger partial charge is 0.266 e. The van der Waals surface area contributed by atoms with Crippen LogP contribution in [0.2, 0.25) is 0 Å². The maximum absolute atomic E-state index is 6.45. The molecule has 2 aromatic carbocycles. The maximum Gasteiger partial charge on any atom is 0.220 e. The Hall–Kier alpha value is -1.94. The zero-order valence-corrected chi connectivity index (χ0v) is 17.0. The van der Waals surface area contributed by atoms with E-state index in [9.17, 15) is 0 Å². The Morgan fingerprint density at radius 3 is 2.35 bits per heavy atom. The highest BCUT2D eigenvalue weighted by Gasteiger charge is 2.47. The van der Waals surface area contributed by atoms with E-state index in [0.717, 1.165) is 24.6 Å². The van der Waals surface area contributed by atoms with E-state index in [1.165, 1.54) is 16.8 Å². The maximum atomic E-state index is 6.45. The van der Waals surface area contributed by atoms with Crippen molar-refractivity contribution in [3.63, 3.8) is 0 Å². The van der Waals surface area contributed by atoms with Gasteiger partial charge in [-0.3, -0.25) is 4.67 Å². The van der Waals surface area contributed by atoms with Gasteiger partial charge >= 0.3 is 0 Å². The van der Waals surface area contributed by atoms with Crippen LogP contribution in [0.1, 0.15) is 26.3 Å². The van der Waals surface area contributed by atoms with Gasteiger partial charge in [0.05, 0.1) is 11.4 Å². The van der Waals surface area contributed by atoms with E-state index < -0.39 is 6.49 Å². The summed E-state index contributed by atoms with van der Waals surface area (Å²) in [6.45, 7) is 5.96. The Morgan fingerprint density at radius 2 is 1.65 bits per heavy atom. The molecule has 0 aromatic heterocycles. The van der Waals surface area contributed by atoms with Crippen LogP contribution in [-0.4, -0.2) is 23.6 Å². The van der Waals surface area contributed by atoms with Gasteiger partial charge in [-0.2, -0.15) is 0 Å². The molecule has 1 atom stereocenters. The van der Waals surface area contributed by atoms with Crippen LogP contribution in [0.4, 0.5) is 11.4 Å². The molecule has 0 amide bonds. The lowest BCUT2D eigenvalue weighted by Gasteiger charge is -2.43. The Labute approximate surface area is 160 Å². The highest BCUT2D eigenvalue weighted by molar-refractivity contribution is 8.15. The molecule has 0 aliphatic carbocycles. The summed E-state index contributed by atoms with van der Waals surface area (Å²) in [5, 5.41) is 5.00. The molecule has 0 fully saturated rings. The van der Waals surface area contributed by atoms with Crippen LogP contribution in [0.25, 0.3) is 5.57 Å². The van der Waals surface area contributed by atoms with E-state index in [2.05, 4.69) is 77.4 Å². The summed E-state index contributed by atoms with van der Waals surface area (Å²) >= 11 is 6.45. The normalized spacial score (nSPS) is 21.4. The predicted octanol–water partition coefficient (Wildman–Crippen LogP) is 5.31. The van der Waals surface area contributed by atoms with Crippen LogP contribution >= 0.6 is 6.49 Å². The standard InChI is InChI=1S/C20H23N4PS/c1-4-22(5-2)25(26)23-19-14-10-9-13-18(19)16(3)15-20(23)21-24(25)17-11-7-6-8-12-17/h6-15H,4-5H2,1-3H3. The second kappa shape index (κ2) is 6.66. The third-order valence-corrected chi connectivity index (χ3v) is 9.61. The summed E-state index contributed by atoms with van der Waals surface area (Å²) in [7, 11) is 0. The van der Waals surface area contributed by atoms with Crippen LogP contribution in [0, 0.1) is 0 Å². The number of nitrogens with zero attached hydrogens (tertiary/aromatic N) is 4. The second-order valence-corrected chi connectivity index (χ2v) is 10.2. The van der Waals surface area contributed by atoms with Gasteiger partial charge in [0, 0.05) is 18.7 Å². The molecule has 4 nitrogen and oxygen atoms in total. The zero-order valence-electron chi connectivity index (χ0n) is 15.3.